The van der Waals surface area contributed by atoms with E-state index in [0.29, 0.717) is 11.6 Å². The summed E-state index contributed by atoms with van der Waals surface area (Å²) in [5.41, 5.74) is 2.47. The van der Waals surface area contributed by atoms with Crippen LogP contribution in [0.2, 0.25) is 0 Å². The van der Waals surface area contributed by atoms with Gasteiger partial charge in [-0.25, -0.2) is 4.98 Å². The van der Waals surface area contributed by atoms with Crippen molar-refractivity contribution in [2.75, 3.05) is 13.1 Å². The molecule has 1 atom stereocenters. The molecule has 1 saturated heterocycles. The number of nitrogens with zero attached hydrogens (tertiary/aromatic N) is 5. The number of aryl methyl sites for hydroxylation is 1. The fourth-order valence-electron chi connectivity index (χ4n) is 3.70. The average Bonchev–Trinajstić information content (AvgIpc) is 3.15. The van der Waals surface area contributed by atoms with Gasteiger partial charge in [0.2, 0.25) is 0 Å². The fraction of sp³-hybridized carbons (Fsp3) is 0.571. The predicted octanol–water partition coefficient (Wildman–Crippen LogP) is 1.68. The summed E-state index contributed by atoms with van der Waals surface area (Å²) in [6, 6.07) is 0. The number of rotatable bonds is 2. The van der Waals surface area contributed by atoms with Crippen LogP contribution in [-0.2, 0) is 7.05 Å². The summed E-state index contributed by atoms with van der Waals surface area (Å²) in [5, 5.41) is 10.1. The van der Waals surface area contributed by atoms with Crippen molar-refractivity contribution in [1.29, 1.82) is 0 Å². The van der Waals surface area contributed by atoms with Gasteiger partial charge < -0.3 is 9.47 Å². The van der Waals surface area contributed by atoms with Crippen LogP contribution >= 0.6 is 11.3 Å². The molecule has 110 valence electrons. The highest BCUT2D eigenvalue weighted by Crippen LogP contribution is 2.55. The highest BCUT2D eigenvalue weighted by Gasteiger charge is 2.53. The molecule has 7 heteroatoms. The molecule has 4 rings (SSSR count). The van der Waals surface area contributed by atoms with Gasteiger partial charge in [-0.15, -0.1) is 21.5 Å². The van der Waals surface area contributed by atoms with E-state index in [-0.39, 0.29) is 11.3 Å². The Morgan fingerprint density at radius 1 is 1.48 bits per heavy atom. The molecular formula is C14H17N5OS. The van der Waals surface area contributed by atoms with Crippen molar-refractivity contribution in [3.05, 3.63) is 28.7 Å². The largest absolute Gasteiger partial charge is 0.336 e. The van der Waals surface area contributed by atoms with Gasteiger partial charge in [0.05, 0.1) is 5.51 Å². The van der Waals surface area contributed by atoms with Crippen molar-refractivity contribution >= 4 is 17.2 Å². The van der Waals surface area contributed by atoms with Gasteiger partial charge in [-0.05, 0) is 18.3 Å². The molecule has 1 spiro atoms. The second-order valence-electron chi connectivity index (χ2n) is 6.13. The van der Waals surface area contributed by atoms with E-state index >= 15 is 0 Å². The van der Waals surface area contributed by atoms with Crippen LogP contribution in [0.25, 0.3) is 0 Å². The van der Waals surface area contributed by atoms with Crippen LogP contribution in [0, 0.1) is 5.41 Å². The third kappa shape index (κ3) is 1.91. The molecule has 21 heavy (non-hydrogen) atoms. The summed E-state index contributed by atoms with van der Waals surface area (Å²) in [6.45, 7) is 1.55. The molecule has 1 saturated carbocycles. The molecule has 0 N–H and O–H groups in total. The lowest BCUT2D eigenvalue weighted by Crippen LogP contribution is -2.38. The maximum absolute atomic E-state index is 12.6. The summed E-state index contributed by atoms with van der Waals surface area (Å²) in [7, 11) is 1.98. The van der Waals surface area contributed by atoms with Crippen molar-refractivity contribution in [2.45, 2.75) is 25.2 Å². The number of aromatic nitrogens is 4. The van der Waals surface area contributed by atoms with Crippen molar-refractivity contribution in [2.24, 2.45) is 12.5 Å². The van der Waals surface area contributed by atoms with Crippen LogP contribution in [0.5, 0.6) is 0 Å². The van der Waals surface area contributed by atoms with Gasteiger partial charge in [-0.3, -0.25) is 4.79 Å². The van der Waals surface area contributed by atoms with E-state index in [2.05, 4.69) is 15.2 Å². The van der Waals surface area contributed by atoms with Gasteiger partial charge in [-0.2, -0.15) is 0 Å². The average molecular weight is 303 g/mol. The summed E-state index contributed by atoms with van der Waals surface area (Å²) < 4.78 is 1.99. The van der Waals surface area contributed by atoms with Crippen LogP contribution < -0.4 is 0 Å². The second kappa shape index (κ2) is 4.62. The molecule has 0 aromatic carbocycles. The Kier molecular flexibility index (Phi) is 2.85. The zero-order valence-electron chi connectivity index (χ0n) is 11.9. The van der Waals surface area contributed by atoms with Gasteiger partial charge in [-0.1, -0.05) is 6.42 Å². The van der Waals surface area contributed by atoms with E-state index < -0.39 is 0 Å². The van der Waals surface area contributed by atoms with E-state index in [9.17, 15) is 4.79 Å². The predicted molar refractivity (Wildman–Crippen MR) is 78.0 cm³/mol. The highest BCUT2D eigenvalue weighted by atomic mass is 32.1. The topological polar surface area (TPSA) is 63.9 Å². The Labute approximate surface area is 126 Å². The Balaban J connectivity index is 1.63. The number of carbonyl (C=O) groups excluding carboxylic acids is 1. The summed E-state index contributed by atoms with van der Waals surface area (Å²) in [4.78, 5) is 18.7. The van der Waals surface area contributed by atoms with E-state index in [0.717, 1.165) is 18.9 Å². The molecule has 6 nitrogen and oxygen atoms in total. The van der Waals surface area contributed by atoms with Crippen molar-refractivity contribution in [1.82, 2.24) is 24.6 Å². The number of carbonyl (C=O) groups is 1. The molecular weight excluding hydrogens is 286 g/mol. The monoisotopic (exact) mass is 303 g/mol. The maximum atomic E-state index is 12.6. The Hall–Kier alpha value is -1.76. The number of likely N-dealkylation sites (tertiary alicyclic amines) is 1. The first kappa shape index (κ1) is 12.9. The molecule has 1 amide bonds. The maximum Gasteiger partial charge on any atom is 0.273 e. The Morgan fingerprint density at radius 2 is 2.33 bits per heavy atom. The van der Waals surface area contributed by atoms with E-state index in [1.165, 1.54) is 30.6 Å². The minimum absolute atomic E-state index is 0.0483. The lowest BCUT2D eigenvalue weighted by Gasteiger charge is -2.42. The zero-order valence-corrected chi connectivity index (χ0v) is 12.7. The van der Waals surface area contributed by atoms with Gasteiger partial charge in [0.1, 0.15) is 17.8 Å². The van der Waals surface area contributed by atoms with Crippen molar-refractivity contribution in [3.8, 4) is 0 Å². The zero-order chi connectivity index (χ0) is 14.4. The highest BCUT2D eigenvalue weighted by molar-refractivity contribution is 7.07. The minimum atomic E-state index is 0.0483. The fourth-order valence-corrected chi connectivity index (χ4v) is 4.23. The smallest absolute Gasteiger partial charge is 0.273 e. The van der Waals surface area contributed by atoms with Gasteiger partial charge >= 0.3 is 0 Å². The number of hydrogen-bond acceptors (Lipinski definition) is 5. The summed E-state index contributed by atoms with van der Waals surface area (Å²) >= 11 is 1.46. The molecule has 2 fully saturated rings. The SMILES string of the molecule is Cn1cnnc1C1CN(C(=O)c2cscn2)CC12CCC2. The van der Waals surface area contributed by atoms with Crippen LogP contribution in [-0.4, -0.2) is 43.6 Å². The van der Waals surface area contributed by atoms with Crippen molar-refractivity contribution < 1.29 is 4.79 Å². The lowest BCUT2D eigenvalue weighted by atomic mass is 9.62. The molecule has 2 aliphatic rings. The minimum Gasteiger partial charge on any atom is -0.336 e. The number of amides is 1. The molecule has 1 aliphatic heterocycles. The van der Waals surface area contributed by atoms with Crippen LogP contribution in [0.1, 0.15) is 41.5 Å². The van der Waals surface area contributed by atoms with E-state index in [1.807, 2.05) is 21.9 Å². The quantitative estimate of drug-likeness (QED) is 0.847. The van der Waals surface area contributed by atoms with Crippen LogP contribution in [0.3, 0.4) is 0 Å². The number of hydrogen-bond donors (Lipinski definition) is 0. The number of thiazole rings is 1. The van der Waals surface area contributed by atoms with Gasteiger partial charge in [0.25, 0.3) is 5.91 Å². The molecule has 1 aliphatic carbocycles. The summed E-state index contributed by atoms with van der Waals surface area (Å²) in [5.74, 6) is 1.34. The standard InChI is InChI=1S/C14H17N5OS/c1-18-8-16-17-12(18)10-5-19(7-14(10)3-2-4-14)13(20)11-6-21-9-15-11/h6,8-10H,2-5,7H2,1H3. The van der Waals surface area contributed by atoms with Crippen LogP contribution in [0.15, 0.2) is 17.2 Å². The third-order valence-corrected chi connectivity index (χ3v) is 5.58. The first-order chi connectivity index (χ1) is 10.2. The van der Waals surface area contributed by atoms with Gasteiger partial charge in [0, 0.05) is 31.4 Å². The first-order valence-electron chi connectivity index (χ1n) is 7.21. The first-order valence-corrected chi connectivity index (χ1v) is 8.15. The molecule has 0 radical (unpaired) electrons. The summed E-state index contributed by atoms with van der Waals surface area (Å²) in [6.07, 6.45) is 5.33. The Bertz CT molecular complexity index is 661. The lowest BCUT2D eigenvalue weighted by molar-refractivity contribution is 0.0719. The van der Waals surface area contributed by atoms with Crippen molar-refractivity contribution in [3.63, 3.8) is 0 Å². The molecule has 3 heterocycles. The van der Waals surface area contributed by atoms with E-state index in [1.54, 1.807) is 11.8 Å². The van der Waals surface area contributed by atoms with Crippen LogP contribution in [0.4, 0.5) is 0 Å². The molecule has 1 unspecified atom stereocenters. The molecule has 0 bridgehead atoms. The molecule has 2 aromatic heterocycles. The van der Waals surface area contributed by atoms with Gasteiger partial charge in [0.15, 0.2) is 0 Å². The Morgan fingerprint density at radius 3 is 2.90 bits per heavy atom. The molecule has 2 aromatic rings. The second-order valence-corrected chi connectivity index (χ2v) is 6.85. The normalized spacial score (nSPS) is 23.5. The van der Waals surface area contributed by atoms with E-state index in [4.69, 9.17) is 0 Å². The third-order valence-electron chi connectivity index (χ3n) is 4.99.